The van der Waals surface area contributed by atoms with Gasteiger partial charge in [-0.15, -0.1) is 0 Å². The largest absolute Gasteiger partial charge is 0.328 e. The summed E-state index contributed by atoms with van der Waals surface area (Å²) in [7, 11) is 0. The van der Waals surface area contributed by atoms with Crippen LogP contribution in [0, 0.1) is 6.92 Å². The Morgan fingerprint density at radius 3 is 2.47 bits per heavy atom. The Bertz CT molecular complexity index is 398. The number of nitrogens with one attached hydrogen (secondary N) is 1. The number of anilines is 1. The van der Waals surface area contributed by atoms with E-state index in [9.17, 15) is 9.59 Å². The maximum Gasteiger partial charge on any atom is 0.328 e. The zero-order valence-electron chi connectivity index (χ0n) is 8.49. The van der Waals surface area contributed by atoms with Gasteiger partial charge in [-0.25, -0.2) is 4.79 Å². The number of carbonyl (C=O) groups is 2. The monoisotopic (exact) mass is 204 g/mol. The molecule has 1 saturated heterocycles. The molecule has 0 spiro atoms. The van der Waals surface area contributed by atoms with Crippen LogP contribution in [0.5, 0.6) is 0 Å². The van der Waals surface area contributed by atoms with Crippen LogP contribution in [-0.2, 0) is 4.79 Å². The van der Waals surface area contributed by atoms with Gasteiger partial charge in [0.05, 0.1) is 0 Å². The average Bonchev–Trinajstić information content (AvgIpc) is 2.20. The van der Waals surface area contributed by atoms with Gasteiger partial charge in [0.1, 0.15) is 0 Å². The molecule has 1 aromatic rings. The Morgan fingerprint density at radius 1 is 1.20 bits per heavy atom. The third-order valence-corrected chi connectivity index (χ3v) is 2.40. The average molecular weight is 204 g/mol. The number of aryl methyl sites for hydroxylation is 1. The summed E-state index contributed by atoms with van der Waals surface area (Å²) in [6, 6.07) is 7.31. The quantitative estimate of drug-likeness (QED) is 0.752. The fourth-order valence-corrected chi connectivity index (χ4v) is 1.54. The van der Waals surface area contributed by atoms with Crippen LogP contribution in [0.3, 0.4) is 0 Å². The maximum absolute atomic E-state index is 11.5. The second-order valence-corrected chi connectivity index (χ2v) is 3.59. The molecule has 4 heteroatoms. The van der Waals surface area contributed by atoms with Crippen LogP contribution in [-0.4, -0.2) is 18.5 Å². The predicted octanol–water partition coefficient (Wildman–Crippen LogP) is 1.44. The van der Waals surface area contributed by atoms with Gasteiger partial charge in [-0.05, 0) is 19.1 Å². The zero-order chi connectivity index (χ0) is 10.8. The van der Waals surface area contributed by atoms with Crippen molar-refractivity contribution in [2.75, 3.05) is 11.4 Å². The lowest BCUT2D eigenvalue weighted by molar-refractivity contribution is -0.120. The first-order valence-corrected chi connectivity index (χ1v) is 4.85. The van der Waals surface area contributed by atoms with Crippen molar-refractivity contribution in [3.05, 3.63) is 29.8 Å². The van der Waals surface area contributed by atoms with Gasteiger partial charge in [-0.3, -0.25) is 15.0 Å². The van der Waals surface area contributed by atoms with Crippen LogP contribution in [0.4, 0.5) is 10.5 Å². The van der Waals surface area contributed by atoms with E-state index < -0.39 is 0 Å². The molecular formula is C11H12N2O2. The molecule has 0 bridgehead atoms. The summed E-state index contributed by atoms with van der Waals surface area (Å²) in [4.78, 5) is 24.0. The number of benzene rings is 1. The minimum Gasteiger partial charge on any atom is -0.294 e. The van der Waals surface area contributed by atoms with E-state index in [0.29, 0.717) is 13.0 Å². The number of rotatable bonds is 1. The highest BCUT2D eigenvalue weighted by Gasteiger charge is 2.23. The molecule has 15 heavy (non-hydrogen) atoms. The SMILES string of the molecule is Cc1ccc(N2CCC(=O)NC2=O)cc1. The van der Waals surface area contributed by atoms with Gasteiger partial charge < -0.3 is 0 Å². The van der Waals surface area contributed by atoms with Crippen molar-refractivity contribution < 1.29 is 9.59 Å². The molecule has 4 nitrogen and oxygen atoms in total. The summed E-state index contributed by atoms with van der Waals surface area (Å²) >= 11 is 0. The predicted molar refractivity (Wildman–Crippen MR) is 56.7 cm³/mol. The van der Waals surface area contributed by atoms with E-state index in [1.807, 2.05) is 31.2 Å². The van der Waals surface area contributed by atoms with Gasteiger partial charge >= 0.3 is 6.03 Å². The summed E-state index contributed by atoms with van der Waals surface area (Å²) in [5, 5.41) is 2.29. The first-order chi connectivity index (χ1) is 7.16. The molecule has 3 amide bonds. The van der Waals surface area contributed by atoms with Crippen molar-refractivity contribution in [1.29, 1.82) is 0 Å². The zero-order valence-corrected chi connectivity index (χ0v) is 8.49. The third kappa shape index (κ3) is 1.98. The van der Waals surface area contributed by atoms with E-state index >= 15 is 0 Å². The number of urea groups is 1. The van der Waals surface area contributed by atoms with E-state index in [1.54, 1.807) is 4.90 Å². The summed E-state index contributed by atoms with van der Waals surface area (Å²) < 4.78 is 0. The number of carbonyl (C=O) groups excluding carboxylic acids is 2. The van der Waals surface area contributed by atoms with Crippen LogP contribution in [0.2, 0.25) is 0 Å². The topological polar surface area (TPSA) is 49.4 Å². The molecule has 0 radical (unpaired) electrons. The molecule has 1 fully saturated rings. The van der Waals surface area contributed by atoms with E-state index in [2.05, 4.69) is 5.32 Å². The van der Waals surface area contributed by atoms with Gasteiger partial charge in [0, 0.05) is 18.7 Å². The smallest absolute Gasteiger partial charge is 0.294 e. The van der Waals surface area contributed by atoms with Gasteiger partial charge in [0.2, 0.25) is 5.91 Å². The van der Waals surface area contributed by atoms with E-state index in [1.165, 1.54) is 0 Å². The Morgan fingerprint density at radius 2 is 1.87 bits per heavy atom. The standard InChI is InChI=1S/C11H12N2O2/c1-8-2-4-9(5-3-8)13-7-6-10(14)12-11(13)15/h2-5H,6-7H2,1H3,(H,12,14,15). The highest BCUT2D eigenvalue weighted by molar-refractivity contribution is 6.05. The van der Waals surface area contributed by atoms with Crippen molar-refractivity contribution in [3.63, 3.8) is 0 Å². The summed E-state index contributed by atoms with van der Waals surface area (Å²) in [5.41, 5.74) is 1.97. The lowest BCUT2D eigenvalue weighted by Gasteiger charge is -2.26. The molecule has 0 atom stereocenters. The number of nitrogens with zero attached hydrogens (tertiary/aromatic N) is 1. The fraction of sp³-hybridized carbons (Fsp3) is 0.273. The van der Waals surface area contributed by atoms with Crippen molar-refractivity contribution in [2.45, 2.75) is 13.3 Å². The van der Waals surface area contributed by atoms with Crippen LogP contribution in [0.15, 0.2) is 24.3 Å². The molecule has 2 rings (SSSR count). The van der Waals surface area contributed by atoms with E-state index in [0.717, 1.165) is 11.3 Å². The van der Waals surface area contributed by atoms with Crippen LogP contribution < -0.4 is 10.2 Å². The highest BCUT2D eigenvalue weighted by Crippen LogP contribution is 2.17. The number of imide groups is 1. The lowest BCUT2D eigenvalue weighted by Crippen LogP contribution is -2.49. The van der Waals surface area contributed by atoms with Crippen molar-refractivity contribution in [2.24, 2.45) is 0 Å². The molecule has 1 aliphatic heterocycles. The molecule has 1 heterocycles. The van der Waals surface area contributed by atoms with Gasteiger partial charge in [0.25, 0.3) is 0 Å². The molecule has 0 aliphatic carbocycles. The third-order valence-electron chi connectivity index (χ3n) is 2.40. The summed E-state index contributed by atoms with van der Waals surface area (Å²) in [5.74, 6) is -0.205. The fourth-order valence-electron chi connectivity index (χ4n) is 1.54. The van der Waals surface area contributed by atoms with Crippen LogP contribution >= 0.6 is 0 Å². The van der Waals surface area contributed by atoms with Gasteiger partial charge in [-0.2, -0.15) is 0 Å². The van der Waals surface area contributed by atoms with Crippen LogP contribution in [0.25, 0.3) is 0 Å². The summed E-state index contributed by atoms with van der Waals surface area (Å²) in [6.07, 6.45) is 0.361. The van der Waals surface area contributed by atoms with Crippen LogP contribution in [0.1, 0.15) is 12.0 Å². The second-order valence-electron chi connectivity index (χ2n) is 3.59. The minimum atomic E-state index is -0.338. The normalized spacial score (nSPS) is 16.5. The Balaban J connectivity index is 2.20. The molecule has 0 saturated carbocycles. The van der Waals surface area contributed by atoms with Crippen molar-refractivity contribution in [1.82, 2.24) is 5.32 Å². The van der Waals surface area contributed by atoms with Gasteiger partial charge in [0.15, 0.2) is 0 Å². The molecular weight excluding hydrogens is 192 g/mol. The Hall–Kier alpha value is -1.84. The second kappa shape index (κ2) is 3.73. The minimum absolute atomic E-state index is 0.205. The molecule has 1 aromatic carbocycles. The summed E-state index contributed by atoms with van der Waals surface area (Å²) in [6.45, 7) is 2.44. The molecule has 78 valence electrons. The van der Waals surface area contributed by atoms with Crippen molar-refractivity contribution >= 4 is 17.6 Å². The number of hydrogen-bond acceptors (Lipinski definition) is 2. The highest BCUT2D eigenvalue weighted by atomic mass is 16.2. The van der Waals surface area contributed by atoms with Gasteiger partial charge in [-0.1, -0.05) is 17.7 Å². The van der Waals surface area contributed by atoms with Crippen molar-refractivity contribution in [3.8, 4) is 0 Å². The maximum atomic E-state index is 11.5. The lowest BCUT2D eigenvalue weighted by atomic mass is 10.2. The molecule has 0 aromatic heterocycles. The Kier molecular flexibility index (Phi) is 2.41. The Labute approximate surface area is 87.9 Å². The molecule has 0 unspecified atom stereocenters. The molecule has 1 aliphatic rings. The van der Waals surface area contributed by atoms with E-state index in [4.69, 9.17) is 0 Å². The first-order valence-electron chi connectivity index (χ1n) is 4.85. The number of hydrogen-bond donors (Lipinski definition) is 1. The first kappa shape index (κ1) is 9.71. The van der Waals surface area contributed by atoms with E-state index in [-0.39, 0.29) is 11.9 Å². The molecule has 1 N–H and O–H groups in total. The number of amides is 3.